The van der Waals surface area contributed by atoms with Crippen LogP contribution in [0.5, 0.6) is 0 Å². The van der Waals surface area contributed by atoms with Crippen LogP contribution in [-0.4, -0.2) is 23.6 Å². The highest BCUT2D eigenvalue weighted by Crippen LogP contribution is 2.64. The second kappa shape index (κ2) is 5.65. The molecule has 0 aliphatic heterocycles. The molecule has 0 N–H and O–H groups in total. The van der Waals surface area contributed by atoms with E-state index in [0.717, 1.165) is 38.5 Å². The van der Waals surface area contributed by atoms with Gasteiger partial charge in [-0.15, -0.1) is 0 Å². The predicted octanol–water partition coefficient (Wildman–Crippen LogP) is 3.71. The Morgan fingerprint density at radius 3 is 2.52 bits per heavy atom. The van der Waals surface area contributed by atoms with Crippen molar-refractivity contribution in [3.05, 3.63) is 0 Å². The number of ketones is 2. The van der Waals surface area contributed by atoms with E-state index in [-0.39, 0.29) is 35.0 Å². The molecule has 0 heterocycles. The Morgan fingerprint density at radius 2 is 1.80 bits per heavy atom. The normalized spacial score (nSPS) is 49.2. The molecule has 0 radical (unpaired) electrons. The standard InChI is InChI=1S/C21H30O4/c1-12(22)25-14-8-9-20(2)13(10-14)4-5-15-16-6-7-18(23)21(16,3)19(24)11-17(15)20/h13-17H,4-11H2,1-3H3/t13?,14-,15?,16?,17?,20?,21?/m0/s1. The molecule has 4 nitrogen and oxygen atoms in total. The molecule has 4 fully saturated rings. The van der Waals surface area contributed by atoms with Crippen molar-refractivity contribution in [2.75, 3.05) is 0 Å². The molecule has 0 aromatic heterocycles. The number of carbonyl (C=O) groups excluding carboxylic acids is 3. The number of carbonyl (C=O) groups is 3. The van der Waals surface area contributed by atoms with Crippen molar-refractivity contribution in [1.82, 2.24) is 0 Å². The number of esters is 1. The van der Waals surface area contributed by atoms with Crippen LogP contribution in [0.15, 0.2) is 0 Å². The first-order valence-corrected chi connectivity index (χ1v) is 10.0. The molecule has 25 heavy (non-hydrogen) atoms. The van der Waals surface area contributed by atoms with Gasteiger partial charge >= 0.3 is 5.97 Å². The number of fused-ring (bicyclic) bond motifs is 5. The summed E-state index contributed by atoms with van der Waals surface area (Å²) in [5.74, 6) is 1.91. The minimum absolute atomic E-state index is 0.0461. The summed E-state index contributed by atoms with van der Waals surface area (Å²) in [6, 6.07) is 0. The van der Waals surface area contributed by atoms with Crippen molar-refractivity contribution in [2.24, 2.45) is 34.5 Å². The molecule has 0 aromatic carbocycles. The molecule has 7 atom stereocenters. The summed E-state index contributed by atoms with van der Waals surface area (Å²) in [7, 11) is 0. The lowest BCUT2D eigenvalue weighted by Gasteiger charge is -2.59. The molecule has 4 heteroatoms. The Labute approximate surface area is 150 Å². The summed E-state index contributed by atoms with van der Waals surface area (Å²) in [5.41, 5.74) is -0.540. The van der Waals surface area contributed by atoms with E-state index in [1.54, 1.807) is 0 Å². The average molecular weight is 346 g/mol. The fourth-order valence-corrected chi connectivity index (χ4v) is 7.07. The predicted molar refractivity (Wildman–Crippen MR) is 92.7 cm³/mol. The maximum absolute atomic E-state index is 13.0. The Bertz CT molecular complexity index is 625. The van der Waals surface area contributed by atoms with Crippen LogP contribution in [0.4, 0.5) is 0 Å². The van der Waals surface area contributed by atoms with Crippen LogP contribution in [-0.2, 0) is 19.1 Å². The molecule has 138 valence electrons. The smallest absolute Gasteiger partial charge is 0.302 e. The largest absolute Gasteiger partial charge is 0.463 e. The Morgan fingerprint density at radius 1 is 1.04 bits per heavy atom. The van der Waals surface area contributed by atoms with Crippen molar-refractivity contribution >= 4 is 17.5 Å². The van der Waals surface area contributed by atoms with Crippen LogP contribution in [0.1, 0.15) is 72.1 Å². The molecule has 0 amide bonds. The van der Waals surface area contributed by atoms with E-state index >= 15 is 0 Å². The second-order valence-corrected chi connectivity index (χ2v) is 9.45. The zero-order chi connectivity index (χ0) is 18.0. The molecule has 4 rings (SSSR count). The highest BCUT2D eigenvalue weighted by atomic mass is 16.5. The first-order chi connectivity index (χ1) is 11.8. The highest BCUT2D eigenvalue weighted by molar-refractivity contribution is 6.09. The van der Waals surface area contributed by atoms with Crippen LogP contribution in [0.3, 0.4) is 0 Å². The lowest BCUT2D eigenvalue weighted by atomic mass is 9.45. The topological polar surface area (TPSA) is 60.4 Å². The first kappa shape index (κ1) is 17.2. The maximum atomic E-state index is 13.0. The summed E-state index contributed by atoms with van der Waals surface area (Å²) in [5, 5.41) is 0. The molecule has 6 unspecified atom stereocenters. The Kier molecular flexibility index (Phi) is 3.90. The Hall–Kier alpha value is -1.19. The van der Waals surface area contributed by atoms with E-state index in [4.69, 9.17) is 4.74 Å². The van der Waals surface area contributed by atoms with Crippen LogP contribution in [0.25, 0.3) is 0 Å². The van der Waals surface area contributed by atoms with Crippen LogP contribution < -0.4 is 0 Å². The minimum atomic E-state index is -0.695. The van der Waals surface area contributed by atoms with Gasteiger partial charge in [0.05, 0.1) is 5.41 Å². The third-order valence-corrected chi connectivity index (χ3v) is 8.53. The summed E-state index contributed by atoms with van der Waals surface area (Å²) < 4.78 is 5.49. The zero-order valence-corrected chi connectivity index (χ0v) is 15.7. The number of hydrogen-bond donors (Lipinski definition) is 0. The number of ether oxygens (including phenoxy) is 1. The lowest BCUT2D eigenvalue weighted by Crippen LogP contribution is -2.57. The van der Waals surface area contributed by atoms with Crippen LogP contribution in [0, 0.1) is 34.5 Å². The summed E-state index contributed by atoms with van der Waals surface area (Å²) >= 11 is 0. The SMILES string of the molecule is CC(=O)O[C@H]1CCC2(C)C(CCC3C4CCC(=O)C4(C)C(=O)CC32)C1. The molecule has 0 aromatic rings. The molecular weight excluding hydrogens is 316 g/mol. The van der Waals surface area contributed by atoms with E-state index in [9.17, 15) is 14.4 Å². The van der Waals surface area contributed by atoms with E-state index < -0.39 is 5.41 Å². The van der Waals surface area contributed by atoms with Gasteiger partial charge in [-0.25, -0.2) is 0 Å². The van der Waals surface area contributed by atoms with Gasteiger partial charge in [0, 0.05) is 19.8 Å². The molecule has 4 saturated carbocycles. The number of rotatable bonds is 1. The van der Waals surface area contributed by atoms with Crippen LogP contribution in [0.2, 0.25) is 0 Å². The van der Waals surface area contributed by atoms with Gasteiger partial charge in [0.15, 0.2) is 0 Å². The van der Waals surface area contributed by atoms with Gasteiger partial charge in [-0.1, -0.05) is 6.92 Å². The quantitative estimate of drug-likeness (QED) is 0.536. The maximum Gasteiger partial charge on any atom is 0.302 e. The van der Waals surface area contributed by atoms with Gasteiger partial charge in [0.1, 0.15) is 17.7 Å². The van der Waals surface area contributed by atoms with Gasteiger partial charge in [-0.05, 0) is 74.5 Å². The fraction of sp³-hybridized carbons (Fsp3) is 0.857. The molecule has 0 spiro atoms. The first-order valence-electron chi connectivity index (χ1n) is 10.0. The number of Topliss-reactive ketones (excluding diaryl/α,β-unsaturated/α-hetero) is 2. The molecule has 4 aliphatic rings. The minimum Gasteiger partial charge on any atom is -0.463 e. The van der Waals surface area contributed by atoms with E-state index in [0.29, 0.717) is 30.6 Å². The summed E-state index contributed by atoms with van der Waals surface area (Å²) in [6.07, 6.45) is 7.26. The third kappa shape index (κ3) is 2.35. The zero-order valence-electron chi connectivity index (χ0n) is 15.7. The third-order valence-electron chi connectivity index (χ3n) is 8.53. The van der Waals surface area contributed by atoms with Gasteiger partial charge in [0.25, 0.3) is 0 Å². The van der Waals surface area contributed by atoms with Gasteiger partial charge in [-0.3, -0.25) is 14.4 Å². The van der Waals surface area contributed by atoms with E-state index in [2.05, 4.69) is 6.92 Å². The monoisotopic (exact) mass is 346 g/mol. The summed E-state index contributed by atoms with van der Waals surface area (Å²) in [4.78, 5) is 36.8. The molecule has 0 saturated heterocycles. The van der Waals surface area contributed by atoms with Crippen molar-refractivity contribution in [3.8, 4) is 0 Å². The summed E-state index contributed by atoms with van der Waals surface area (Å²) in [6.45, 7) is 5.78. The average Bonchev–Trinajstić information content (AvgIpc) is 2.86. The van der Waals surface area contributed by atoms with Crippen molar-refractivity contribution in [2.45, 2.75) is 78.2 Å². The van der Waals surface area contributed by atoms with Crippen molar-refractivity contribution < 1.29 is 19.1 Å². The van der Waals surface area contributed by atoms with E-state index in [1.807, 2.05) is 6.92 Å². The Balaban J connectivity index is 1.59. The van der Waals surface area contributed by atoms with Gasteiger partial charge < -0.3 is 4.74 Å². The van der Waals surface area contributed by atoms with Crippen molar-refractivity contribution in [1.29, 1.82) is 0 Å². The highest BCUT2D eigenvalue weighted by Gasteiger charge is 2.63. The van der Waals surface area contributed by atoms with Crippen molar-refractivity contribution in [3.63, 3.8) is 0 Å². The molecule has 0 bridgehead atoms. The van der Waals surface area contributed by atoms with Gasteiger partial charge in [-0.2, -0.15) is 0 Å². The fourth-order valence-electron chi connectivity index (χ4n) is 7.07. The lowest BCUT2D eigenvalue weighted by molar-refractivity contribution is -0.165. The van der Waals surface area contributed by atoms with Crippen LogP contribution >= 0.6 is 0 Å². The van der Waals surface area contributed by atoms with E-state index in [1.165, 1.54) is 6.92 Å². The molecule has 4 aliphatic carbocycles. The molecular formula is C21H30O4. The van der Waals surface area contributed by atoms with Gasteiger partial charge in [0.2, 0.25) is 0 Å². The number of hydrogen-bond acceptors (Lipinski definition) is 4. The second-order valence-electron chi connectivity index (χ2n) is 9.45.